The third-order valence-electron chi connectivity index (χ3n) is 6.92. The highest BCUT2D eigenvalue weighted by Crippen LogP contribution is 2.46. The fourth-order valence-corrected chi connectivity index (χ4v) is 5.17. The minimum atomic E-state index is 0.495. The van der Waals surface area contributed by atoms with Gasteiger partial charge in [-0.3, -0.25) is 0 Å². The molecule has 0 amide bonds. The number of ether oxygens (including phenoxy) is 1. The van der Waals surface area contributed by atoms with Gasteiger partial charge in [0.15, 0.2) is 0 Å². The van der Waals surface area contributed by atoms with E-state index in [0.717, 1.165) is 66.9 Å². The van der Waals surface area contributed by atoms with Crippen molar-refractivity contribution in [3.05, 3.63) is 40.6 Å². The van der Waals surface area contributed by atoms with E-state index in [4.69, 9.17) is 9.72 Å². The number of nitrogens with zero attached hydrogens (tertiary/aromatic N) is 4. The number of nitrogens with one attached hydrogen (secondary N) is 1. The number of piperazine rings is 1. The second-order valence-electron chi connectivity index (χ2n) is 9.28. The molecule has 6 nitrogen and oxygen atoms in total. The Morgan fingerprint density at radius 2 is 1.94 bits per heavy atom. The summed E-state index contributed by atoms with van der Waals surface area (Å²) in [7, 11) is 2.18. The summed E-state index contributed by atoms with van der Waals surface area (Å²) in [5, 5.41) is 3.38. The first-order valence-electron chi connectivity index (χ1n) is 11.6. The molecule has 0 radical (unpaired) electrons. The van der Waals surface area contributed by atoms with Crippen LogP contribution >= 0.6 is 15.9 Å². The van der Waals surface area contributed by atoms with Crippen LogP contribution in [0.1, 0.15) is 31.4 Å². The van der Waals surface area contributed by atoms with E-state index in [1.807, 2.05) is 6.20 Å². The van der Waals surface area contributed by atoms with Crippen molar-refractivity contribution in [1.82, 2.24) is 14.9 Å². The Kier molecular flexibility index (Phi) is 6.44. The van der Waals surface area contributed by atoms with Crippen molar-refractivity contribution in [3.8, 4) is 0 Å². The van der Waals surface area contributed by atoms with E-state index >= 15 is 0 Å². The maximum Gasteiger partial charge on any atom is 0.227 e. The largest absolute Gasteiger partial charge is 0.378 e. The van der Waals surface area contributed by atoms with E-state index in [9.17, 15) is 0 Å². The van der Waals surface area contributed by atoms with Crippen LogP contribution in [0.15, 0.2) is 34.9 Å². The number of halogens is 1. The molecular weight excluding hydrogens is 454 g/mol. The van der Waals surface area contributed by atoms with Gasteiger partial charge in [-0.05, 0) is 91.2 Å². The zero-order valence-corrected chi connectivity index (χ0v) is 19.9. The Morgan fingerprint density at radius 3 is 2.68 bits per heavy atom. The van der Waals surface area contributed by atoms with Gasteiger partial charge in [0, 0.05) is 50.4 Å². The van der Waals surface area contributed by atoms with E-state index in [2.05, 4.69) is 67.3 Å². The quantitative estimate of drug-likeness (QED) is 0.623. The van der Waals surface area contributed by atoms with E-state index in [1.165, 1.54) is 31.4 Å². The maximum absolute atomic E-state index is 5.81. The molecule has 3 heterocycles. The first-order chi connectivity index (χ1) is 15.1. The lowest BCUT2D eigenvalue weighted by molar-refractivity contribution is 0.0982. The predicted octanol–water partition coefficient (Wildman–Crippen LogP) is 4.48. The molecule has 31 heavy (non-hydrogen) atoms. The Morgan fingerprint density at radius 1 is 1.13 bits per heavy atom. The molecule has 2 saturated heterocycles. The van der Waals surface area contributed by atoms with Gasteiger partial charge in [0.1, 0.15) is 0 Å². The molecule has 3 fully saturated rings. The lowest BCUT2D eigenvalue weighted by Gasteiger charge is -2.34. The normalized spacial score (nSPS) is 26.3. The van der Waals surface area contributed by atoms with Crippen molar-refractivity contribution in [2.45, 2.75) is 38.2 Å². The molecule has 166 valence electrons. The van der Waals surface area contributed by atoms with Crippen LogP contribution in [0.3, 0.4) is 0 Å². The molecule has 1 aromatic carbocycles. The molecule has 0 bridgehead atoms. The number of rotatable bonds is 7. The summed E-state index contributed by atoms with van der Waals surface area (Å²) < 4.78 is 6.82. The molecule has 2 aromatic rings. The fourth-order valence-electron chi connectivity index (χ4n) is 4.82. The highest BCUT2D eigenvalue weighted by Gasteiger charge is 2.39. The number of benzene rings is 1. The lowest BCUT2D eigenvalue weighted by atomic mass is 10.1. The van der Waals surface area contributed by atoms with Gasteiger partial charge >= 0.3 is 0 Å². The van der Waals surface area contributed by atoms with Crippen molar-refractivity contribution in [1.29, 1.82) is 0 Å². The smallest absolute Gasteiger partial charge is 0.227 e. The summed E-state index contributed by atoms with van der Waals surface area (Å²) in [5.41, 5.74) is 3.40. The van der Waals surface area contributed by atoms with Gasteiger partial charge in [0.05, 0.1) is 16.3 Å². The Bertz CT molecular complexity index is 878. The van der Waals surface area contributed by atoms with Gasteiger partial charge < -0.3 is 19.9 Å². The van der Waals surface area contributed by atoms with Crippen LogP contribution < -0.4 is 10.2 Å². The number of anilines is 3. The first kappa shape index (κ1) is 21.2. The topological polar surface area (TPSA) is 53.5 Å². The number of hydrogen-bond acceptors (Lipinski definition) is 6. The molecular formula is C24H32BrN5O. The summed E-state index contributed by atoms with van der Waals surface area (Å²) in [6.07, 6.45) is 8.37. The monoisotopic (exact) mass is 485 g/mol. The summed E-state index contributed by atoms with van der Waals surface area (Å²) in [5.74, 6) is 2.19. The average Bonchev–Trinajstić information content (AvgIpc) is 3.28. The van der Waals surface area contributed by atoms with Gasteiger partial charge in [-0.15, -0.1) is 0 Å². The number of hydrogen-bond donors (Lipinski definition) is 1. The third kappa shape index (κ3) is 5.38. The van der Waals surface area contributed by atoms with Gasteiger partial charge in [-0.2, -0.15) is 0 Å². The number of aromatic nitrogens is 2. The van der Waals surface area contributed by atoms with E-state index in [-0.39, 0.29) is 0 Å². The highest BCUT2D eigenvalue weighted by molar-refractivity contribution is 9.10. The summed E-state index contributed by atoms with van der Waals surface area (Å²) in [4.78, 5) is 14.1. The third-order valence-corrected chi connectivity index (χ3v) is 7.59. The highest BCUT2D eigenvalue weighted by atomic mass is 79.9. The van der Waals surface area contributed by atoms with Gasteiger partial charge in [0.2, 0.25) is 5.95 Å². The van der Waals surface area contributed by atoms with E-state index in [0.29, 0.717) is 12.1 Å². The molecule has 5 rings (SSSR count). The molecule has 1 N–H and O–H groups in total. The summed E-state index contributed by atoms with van der Waals surface area (Å²) >= 11 is 3.65. The fraction of sp³-hybridized carbons (Fsp3) is 0.583. The maximum atomic E-state index is 5.81. The van der Waals surface area contributed by atoms with Crippen molar-refractivity contribution in [2.75, 3.05) is 50.1 Å². The molecule has 1 aliphatic carbocycles. The Balaban J connectivity index is 1.17. The Labute approximate surface area is 193 Å². The average molecular weight is 486 g/mol. The second kappa shape index (κ2) is 9.43. The van der Waals surface area contributed by atoms with Crippen LogP contribution in [0.4, 0.5) is 17.3 Å². The molecule has 1 saturated carbocycles. The van der Waals surface area contributed by atoms with Crippen molar-refractivity contribution < 1.29 is 4.74 Å². The summed E-state index contributed by atoms with van der Waals surface area (Å²) in [6.45, 7) is 5.34. The molecule has 7 heteroatoms. The van der Waals surface area contributed by atoms with Crippen LogP contribution in [-0.2, 0) is 11.2 Å². The minimum absolute atomic E-state index is 0.495. The van der Waals surface area contributed by atoms with Crippen molar-refractivity contribution in [2.24, 2.45) is 11.8 Å². The van der Waals surface area contributed by atoms with E-state index in [1.54, 1.807) is 0 Å². The van der Waals surface area contributed by atoms with Crippen LogP contribution in [-0.4, -0.2) is 60.8 Å². The van der Waals surface area contributed by atoms with Crippen molar-refractivity contribution in [3.63, 3.8) is 0 Å². The first-order valence-corrected chi connectivity index (χ1v) is 12.4. The molecule has 3 unspecified atom stereocenters. The molecule has 1 aromatic heterocycles. The van der Waals surface area contributed by atoms with Crippen LogP contribution in [0.5, 0.6) is 0 Å². The van der Waals surface area contributed by atoms with Gasteiger partial charge in [-0.25, -0.2) is 9.97 Å². The standard InChI is InChI=1S/C24H32BrN5O/c1-29-8-10-30(11-9-29)20-6-4-19(5-7-20)27-24-26-16-22(25)23(28-24)15-18-13-17(18)14-21-3-2-12-31-21/h4-7,16-18,21H,2-3,8-15H2,1H3,(H,26,27,28). The van der Waals surface area contributed by atoms with E-state index < -0.39 is 0 Å². The molecule has 2 aliphatic heterocycles. The van der Waals surface area contributed by atoms with Gasteiger partial charge in [0.25, 0.3) is 0 Å². The van der Waals surface area contributed by atoms with Crippen molar-refractivity contribution >= 4 is 33.3 Å². The summed E-state index contributed by atoms with van der Waals surface area (Å²) in [6, 6.07) is 8.62. The number of likely N-dealkylation sites (N-methyl/N-ethyl adjacent to an activating group) is 1. The SMILES string of the molecule is CN1CCN(c2ccc(Nc3ncc(Br)c(CC4CC4CC4CCCO4)n3)cc2)CC1. The molecule has 3 atom stereocenters. The van der Waals surface area contributed by atoms with Crippen LogP contribution in [0.25, 0.3) is 0 Å². The molecule has 3 aliphatic rings. The lowest BCUT2D eigenvalue weighted by Crippen LogP contribution is -2.44. The molecule has 0 spiro atoms. The van der Waals surface area contributed by atoms with Crippen LogP contribution in [0.2, 0.25) is 0 Å². The zero-order valence-electron chi connectivity index (χ0n) is 18.3. The Hall–Kier alpha value is -1.70. The second-order valence-corrected chi connectivity index (χ2v) is 10.1. The van der Waals surface area contributed by atoms with Crippen LogP contribution in [0, 0.1) is 11.8 Å². The minimum Gasteiger partial charge on any atom is -0.378 e. The predicted molar refractivity (Wildman–Crippen MR) is 128 cm³/mol. The van der Waals surface area contributed by atoms with Gasteiger partial charge in [-0.1, -0.05) is 0 Å². The zero-order chi connectivity index (χ0) is 21.2.